The second kappa shape index (κ2) is 7.65. The Morgan fingerprint density at radius 1 is 1.04 bits per heavy atom. The van der Waals surface area contributed by atoms with Crippen molar-refractivity contribution in [2.45, 2.75) is 6.54 Å². The molecule has 24 heavy (non-hydrogen) atoms. The molecule has 2 N–H and O–H groups in total. The van der Waals surface area contributed by atoms with Gasteiger partial charge < -0.3 is 10.6 Å². The maximum absolute atomic E-state index is 12.1. The highest BCUT2D eigenvalue weighted by molar-refractivity contribution is 9.10. The molecule has 3 aromatic rings. The fourth-order valence-electron chi connectivity index (χ4n) is 1.98. The molecule has 0 aliphatic carbocycles. The van der Waals surface area contributed by atoms with Crippen LogP contribution in [0.2, 0.25) is 0 Å². The smallest absolute Gasteiger partial charge is 0.271 e. The van der Waals surface area contributed by atoms with Crippen molar-refractivity contribution in [3.05, 3.63) is 76.9 Å². The number of anilines is 2. The van der Waals surface area contributed by atoms with Crippen molar-refractivity contribution in [2.24, 2.45) is 0 Å². The molecule has 1 aromatic carbocycles. The summed E-state index contributed by atoms with van der Waals surface area (Å²) in [5, 5.41) is 5.93. The predicted octanol–water partition coefficient (Wildman–Crippen LogP) is 3.31. The van der Waals surface area contributed by atoms with E-state index in [1.807, 2.05) is 36.4 Å². The lowest BCUT2D eigenvalue weighted by Crippen LogP contribution is -2.24. The summed E-state index contributed by atoms with van der Waals surface area (Å²) < 4.78 is 0.922. The number of nitrogens with one attached hydrogen (secondary N) is 2. The number of carbonyl (C=O) groups excluding carboxylic acids is 1. The van der Waals surface area contributed by atoms with Crippen LogP contribution in [-0.4, -0.2) is 20.9 Å². The first-order valence-electron chi connectivity index (χ1n) is 7.23. The number of pyridine rings is 1. The van der Waals surface area contributed by atoms with Crippen molar-refractivity contribution in [1.82, 2.24) is 20.3 Å². The van der Waals surface area contributed by atoms with Crippen LogP contribution in [-0.2, 0) is 6.54 Å². The maximum Gasteiger partial charge on any atom is 0.271 e. The highest BCUT2D eigenvalue weighted by Gasteiger charge is 2.08. The molecule has 1 amide bonds. The van der Waals surface area contributed by atoms with Gasteiger partial charge in [0.05, 0.1) is 18.1 Å². The number of carbonyl (C=O) groups is 1. The zero-order valence-electron chi connectivity index (χ0n) is 12.6. The molecule has 3 rings (SSSR count). The van der Waals surface area contributed by atoms with Crippen LogP contribution in [0.5, 0.6) is 0 Å². The molecule has 0 fully saturated rings. The van der Waals surface area contributed by atoms with E-state index in [2.05, 4.69) is 41.5 Å². The topological polar surface area (TPSA) is 79.8 Å². The van der Waals surface area contributed by atoms with Gasteiger partial charge in [-0.15, -0.1) is 0 Å². The van der Waals surface area contributed by atoms with Crippen molar-refractivity contribution >= 4 is 33.3 Å². The predicted molar refractivity (Wildman–Crippen MR) is 94.9 cm³/mol. The molecule has 6 nitrogen and oxygen atoms in total. The molecule has 0 unspecified atom stereocenters. The van der Waals surface area contributed by atoms with Gasteiger partial charge in [0.25, 0.3) is 5.91 Å². The van der Waals surface area contributed by atoms with E-state index < -0.39 is 0 Å². The summed E-state index contributed by atoms with van der Waals surface area (Å²) >= 11 is 3.45. The zero-order chi connectivity index (χ0) is 16.8. The van der Waals surface area contributed by atoms with Crippen molar-refractivity contribution in [3.63, 3.8) is 0 Å². The van der Waals surface area contributed by atoms with Gasteiger partial charge in [0, 0.05) is 23.4 Å². The molecular formula is C17H14BrN5O. The normalized spacial score (nSPS) is 10.2. The first kappa shape index (κ1) is 16.1. The Morgan fingerprint density at radius 3 is 2.54 bits per heavy atom. The Bertz CT molecular complexity index is 824. The molecule has 120 valence electrons. The second-order valence-electron chi connectivity index (χ2n) is 4.93. The van der Waals surface area contributed by atoms with Crippen LogP contribution in [0.3, 0.4) is 0 Å². The molecule has 0 aliphatic heterocycles. The third kappa shape index (κ3) is 4.14. The molecule has 0 radical (unpaired) electrons. The first-order chi connectivity index (χ1) is 11.7. The number of amides is 1. The van der Waals surface area contributed by atoms with E-state index in [4.69, 9.17) is 0 Å². The molecule has 7 heteroatoms. The standard InChI is InChI=1S/C17H14BrN5O/c18-13-3-1-2-4-14(13)23-16-11-20-15(10-21-16)17(24)22-9-12-5-7-19-8-6-12/h1-8,10-11H,9H2,(H,21,23)(H,22,24). The number of aromatic nitrogens is 3. The molecule has 0 saturated heterocycles. The van der Waals surface area contributed by atoms with Crippen LogP contribution in [0, 0.1) is 0 Å². The Kier molecular flexibility index (Phi) is 5.12. The number of halogens is 1. The first-order valence-corrected chi connectivity index (χ1v) is 8.02. The van der Waals surface area contributed by atoms with Gasteiger partial charge in [-0.05, 0) is 45.8 Å². The quantitative estimate of drug-likeness (QED) is 0.706. The number of benzene rings is 1. The molecule has 0 bridgehead atoms. The van der Waals surface area contributed by atoms with Gasteiger partial charge in [-0.3, -0.25) is 9.78 Å². The third-order valence-electron chi connectivity index (χ3n) is 3.22. The molecule has 0 saturated carbocycles. The molecular weight excluding hydrogens is 370 g/mol. The van der Waals surface area contributed by atoms with Crippen LogP contribution in [0.1, 0.15) is 16.1 Å². The lowest BCUT2D eigenvalue weighted by Gasteiger charge is -2.08. The minimum atomic E-state index is -0.272. The third-order valence-corrected chi connectivity index (χ3v) is 3.92. The highest BCUT2D eigenvalue weighted by atomic mass is 79.9. The van der Waals surface area contributed by atoms with Crippen molar-refractivity contribution < 1.29 is 4.79 Å². The molecule has 2 aromatic heterocycles. The van der Waals surface area contributed by atoms with E-state index in [1.165, 1.54) is 12.4 Å². The Morgan fingerprint density at radius 2 is 1.83 bits per heavy atom. The lowest BCUT2D eigenvalue weighted by molar-refractivity contribution is 0.0945. The van der Waals surface area contributed by atoms with Crippen LogP contribution < -0.4 is 10.6 Å². The number of hydrogen-bond donors (Lipinski definition) is 2. The number of para-hydroxylation sites is 1. The average Bonchev–Trinajstić information content (AvgIpc) is 2.63. The number of nitrogens with zero attached hydrogens (tertiary/aromatic N) is 3. The van der Waals surface area contributed by atoms with Crippen LogP contribution in [0.15, 0.2) is 65.7 Å². The summed E-state index contributed by atoms with van der Waals surface area (Å²) in [6.45, 7) is 0.417. The van der Waals surface area contributed by atoms with Crippen LogP contribution in [0.4, 0.5) is 11.5 Å². The van der Waals surface area contributed by atoms with E-state index in [9.17, 15) is 4.79 Å². The largest absolute Gasteiger partial charge is 0.347 e. The SMILES string of the molecule is O=C(NCc1ccncc1)c1cnc(Nc2ccccc2Br)cn1. The zero-order valence-corrected chi connectivity index (χ0v) is 14.2. The lowest BCUT2D eigenvalue weighted by atomic mass is 10.2. The molecule has 0 spiro atoms. The molecule has 0 atom stereocenters. The monoisotopic (exact) mass is 383 g/mol. The summed E-state index contributed by atoms with van der Waals surface area (Å²) in [5.41, 5.74) is 2.11. The van der Waals surface area contributed by atoms with E-state index in [0.717, 1.165) is 15.7 Å². The molecule has 0 aliphatic rings. The van der Waals surface area contributed by atoms with Crippen LogP contribution >= 0.6 is 15.9 Å². The average molecular weight is 384 g/mol. The maximum atomic E-state index is 12.1. The number of rotatable bonds is 5. The van der Waals surface area contributed by atoms with Gasteiger partial charge in [-0.2, -0.15) is 0 Å². The van der Waals surface area contributed by atoms with Gasteiger partial charge in [0.1, 0.15) is 11.5 Å². The Labute approximate surface area is 147 Å². The minimum absolute atomic E-state index is 0.265. The van der Waals surface area contributed by atoms with E-state index in [0.29, 0.717) is 12.4 Å². The van der Waals surface area contributed by atoms with Gasteiger partial charge in [-0.25, -0.2) is 9.97 Å². The van der Waals surface area contributed by atoms with E-state index in [-0.39, 0.29) is 11.6 Å². The highest BCUT2D eigenvalue weighted by Crippen LogP contribution is 2.23. The fraction of sp³-hybridized carbons (Fsp3) is 0.0588. The summed E-state index contributed by atoms with van der Waals surface area (Å²) in [4.78, 5) is 24.4. The van der Waals surface area contributed by atoms with E-state index >= 15 is 0 Å². The van der Waals surface area contributed by atoms with Gasteiger partial charge in [0.2, 0.25) is 0 Å². The summed E-state index contributed by atoms with van der Waals surface area (Å²) in [6, 6.07) is 11.4. The minimum Gasteiger partial charge on any atom is -0.347 e. The van der Waals surface area contributed by atoms with Crippen molar-refractivity contribution in [1.29, 1.82) is 0 Å². The van der Waals surface area contributed by atoms with Crippen LogP contribution in [0.25, 0.3) is 0 Å². The molecule has 2 heterocycles. The summed E-state index contributed by atoms with van der Waals surface area (Å²) in [6.07, 6.45) is 6.34. The summed E-state index contributed by atoms with van der Waals surface area (Å²) in [5.74, 6) is 0.291. The van der Waals surface area contributed by atoms with Crippen molar-refractivity contribution in [3.8, 4) is 0 Å². The van der Waals surface area contributed by atoms with Gasteiger partial charge >= 0.3 is 0 Å². The Hall–Kier alpha value is -2.80. The fourth-order valence-corrected chi connectivity index (χ4v) is 2.37. The van der Waals surface area contributed by atoms with Gasteiger partial charge in [0.15, 0.2) is 0 Å². The van der Waals surface area contributed by atoms with Crippen molar-refractivity contribution in [2.75, 3.05) is 5.32 Å². The second-order valence-corrected chi connectivity index (χ2v) is 5.78. The number of hydrogen-bond acceptors (Lipinski definition) is 5. The Balaban J connectivity index is 1.61. The summed E-state index contributed by atoms with van der Waals surface area (Å²) in [7, 11) is 0. The van der Waals surface area contributed by atoms with E-state index in [1.54, 1.807) is 12.4 Å². The van der Waals surface area contributed by atoms with Gasteiger partial charge in [-0.1, -0.05) is 12.1 Å².